The molecule has 1 saturated heterocycles. The number of fused-ring (bicyclic) bond motifs is 1. The van der Waals surface area contributed by atoms with E-state index in [0.717, 1.165) is 12.8 Å². The van der Waals surface area contributed by atoms with Crippen LogP contribution in [0.2, 0.25) is 0 Å². The van der Waals surface area contributed by atoms with Crippen LogP contribution in [-0.4, -0.2) is 42.0 Å². The average molecular weight is 356 g/mol. The molecular weight excluding hydrogens is 332 g/mol. The first-order valence-corrected chi connectivity index (χ1v) is 9.83. The number of aliphatic carboxylic acids is 1. The van der Waals surface area contributed by atoms with Gasteiger partial charge in [-0.25, -0.2) is 12.7 Å². The summed E-state index contributed by atoms with van der Waals surface area (Å²) in [7, 11) is -3.61. The molecular formula is C16H24N2O5S. The van der Waals surface area contributed by atoms with Crippen molar-refractivity contribution in [3.05, 3.63) is 17.5 Å². The Bertz CT molecular complexity index is 749. The number of rotatable bonds is 4. The molecule has 2 fully saturated rings. The van der Waals surface area contributed by atoms with E-state index in [1.54, 1.807) is 6.07 Å². The Balaban J connectivity index is 1.78. The highest BCUT2D eigenvalue weighted by atomic mass is 32.2. The fourth-order valence-electron chi connectivity index (χ4n) is 3.82. The Hall–Kier alpha value is -1.41. The van der Waals surface area contributed by atoms with Crippen LogP contribution in [0.3, 0.4) is 0 Å². The molecule has 1 N–H and O–H groups in total. The number of nitrogens with zero attached hydrogens (tertiary/aromatic N) is 2. The van der Waals surface area contributed by atoms with Gasteiger partial charge in [0.2, 0.25) is 10.0 Å². The van der Waals surface area contributed by atoms with Crippen LogP contribution in [0.15, 0.2) is 10.6 Å². The number of sulfonamides is 1. The van der Waals surface area contributed by atoms with E-state index in [1.165, 1.54) is 4.31 Å². The van der Waals surface area contributed by atoms with Crippen LogP contribution >= 0.6 is 0 Å². The number of carboxylic acid groups (broad SMARTS) is 1. The van der Waals surface area contributed by atoms with Gasteiger partial charge in [0.25, 0.3) is 0 Å². The minimum atomic E-state index is -3.61. The van der Waals surface area contributed by atoms with E-state index in [2.05, 4.69) is 5.16 Å². The lowest BCUT2D eigenvalue weighted by atomic mass is 9.81. The van der Waals surface area contributed by atoms with Crippen molar-refractivity contribution in [1.29, 1.82) is 0 Å². The van der Waals surface area contributed by atoms with Crippen molar-refractivity contribution in [2.45, 2.75) is 51.2 Å². The molecule has 7 nitrogen and oxygen atoms in total. The molecule has 1 aromatic rings. The quantitative estimate of drug-likeness (QED) is 0.885. The summed E-state index contributed by atoms with van der Waals surface area (Å²) in [5, 5.41) is 13.5. The summed E-state index contributed by atoms with van der Waals surface area (Å²) in [5.74, 6) is -0.589. The van der Waals surface area contributed by atoms with Gasteiger partial charge in [-0.2, -0.15) is 0 Å². The third-order valence-electron chi connectivity index (χ3n) is 5.29. The van der Waals surface area contributed by atoms with Gasteiger partial charge in [-0.15, -0.1) is 0 Å². The zero-order valence-electron chi connectivity index (χ0n) is 14.3. The minimum Gasteiger partial charge on any atom is -0.481 e. The second kappa shape index (κ2) is 5.56. The van der Waals surface area contributed by atoms with Crippen LogP contribution in [0.1, 0.15) is 51.5 Å². The molecule has 0 spiro atoms. The summed E-state index contributed by atoms with van der Waals surface area (Å²) in [6.07, 6.45) is 2.18. The first kappa shape index (κ1) is 17.4. The maximum absolute atomic E-state index is 12.7. The number of carboxylic acids is 1. The van der Waals surface area contributed by atoms with E-state index in [9.17, 15) is 18.3 Å². The first-order chi connectivity index (χ1) is 11.0. The van der Waals surface area contributed by atoms with Crippen molar-refractivity contribution in [3.8, 4) is 0 Å². The highest BCUT2D eigenvalue weighted by Gasteiger charge is 2.57. The molecule has 0 bridgehead atoms. The summed E-state index contributed by atoms with van der Waals surface area (Å²) >= 11 is 0. The summed E-state index contributed by atoms with van der Waals surface area (Å²) < 4.78 is 32.0. The topological polar surface area (TPSA) is 101 Å². The molecule has 3 rings (SSSR count). The van der Waals surface area contributed by atoms with Crippen molar-refractivity contribution in [1.82, 2.24) is 9.46 Å². The monoisotopic (exact) mass is 356 g/mol. The van der Waals surface area contributed by atoms with Crippen molar-refractivity contribution in [2.24, 2.45) is 11.3 Å². The summed E-state index contributed by atoms with van der Waals surface area (Å²) in [4.78, 5) is 11.7. The Kier molecular flexibility index (Phi) is 4.03. The third-order valence-corrected chi connectivity index (χ3v) is 7.01. The molecule has 8 heteroatoms. The summed E-state index contributed by atoms with van der Waals surface area (Å²) in [6.45, 7) is 6.25. The van der Waals surface area contributed by atoms with E-state index in [0.29, 0.717) is 24.4 Å². The average Bonchev–Trinajstić information content (AvgIpc) is 3.08. The van der Waals surface area contributed by atoms with Crippen LogP contribution in [0.5, 0.6) is 0 Å². The molecule has 1 aliphatic heterocycles. The standard InChI is InChI=1S/C16H24N2O5S/c1-15(2,3)13-7-12(17-23-13)9-24(21,22)18-8-11-5-4-6-16(11,10-18)14(19)20/h7,11H,4-6,8-10H2,1-3H3,(H,19,20)/t11-,16+/m0/s1. The molecule has 24 heavy (non-hydrogen) atoms. The Morgan fingerprint density at radius 2 is 2.21 bits per heavy atom. The lowest BCUT2D eigenvalue weighted by Gasteiger charge is -2.23. The molecule has 134 valence electrons. The van der Waals surface area contributed by atoms with E-state index < -0.39 is 21.4 Å². The van der Waals surface area contributed by atoms with E-state index in [1.807, 2.05) is 20.8 Å². The smallest absolute Gasteiger partial charge is 0.311 e. The fraction of sp³-hybridized carbons (Fsp3) is 0.750. The molecule has 2 aliphatic rings. The van der Waals surface area contributed by atoms with Crippen LogP contribution in [-0.2, 0) is 26.0 Å². The van der Waals surface area contributed by atoms with Gasteiger partial charge in [-0.05, 0) is 18.8 Å². The van der Waals surface area contributed by atoms with E-state index in [4.69, 9.17) is 4.52 Å². The highest BCUT2D eigenvalue weighted by molar-refractivity contribution is 7.88. The van der Waals surface area contributed by atoms with Gasteiger partial charge in [0.1, 0.15) is 17.2 Å². The Morgan fingerprint density at radius 1 is 1.50 bits per heavy atom. The van der Waals surface area contributed by atoms with Crippen LogP contribution < -0.4 is 0 Å². The molecule has 0 radical (unpaired) electrons. The van der Waals surface area contributed by atoms with E-state index in [-0.39, 0.29) is 23.6 Å². The predicted octanol–water partition coefficient (Wildman–Crippen LogP) is 1.99. The molecule has 0 amide bonds. The van der Waals surface area contributed by atoms with Crippen molar-refractivity contribution >= 4 is 16.0 Å². The molecule has 0 unspecified atom stereocenters. The second-order valence-corrected chi connectivity index (χ2v) is 10.0. The maximum Gasteiger partial charge on any atom is 0.311 e. The van der Waals surface area contributed by atoms with Gasteiger partial charge in [0, 0.05) is 24.6 Å². The van der Waals surface area contributed by atoms with Crippen LogP contribution in [0, 0.1) is 11.3 Å². The van der Waals surface area contributed by atoms with E-state index >= 15 is 0 Å². The summed E-state index contributed by atoms with van der Waals surface area (Å²) in [5.41, 5.74) is -0.790. The molecule has 1 saturated carbocycles. The summed E-state index contributed by atoms with van der Waals surface area (Å²) in [6, 6.07) is 1.67. The van der Waals surface area contributed by atoms with Gasteiger partial charge in [0.05, 0.1) is 5.41 Å². The van der Waals surface area contributed by atoms with Crippen LogP contribution in [0.4, 0.5) is 0 Å². The van der Waals surface area contributed by atoms with Gasteiger partial charge in [0.15, 0.2) is 0 Å². The molecule has 1 aliphatic carbocycles. The minimum absolute atomic E-state index is 0.0688. The van der Waals surface area contributed by atoms with Gasteiger partial charge < -0.3 is 9.63 Å². The molecule has 0 aromatic carbocycles. The number of hydrogen-bond donors (Lipinski definition) is 1. The molecule has 2 atom stereocenters. The lowest BCUT2D eigenvalue weighted by molar-refractivity contribution is -0.149. The molecule has 2 heterocycles. The van der Waals surface area contributed by atoms with Crippen molar-refractivity contribution in [3.63, 3.8) is 0 Å². The third kappa shape index (κ3) is 2.86. The Labute approximate surface area is 142 Å². The van der Waals surface area contributed by atoms with Gasteiger partial charge in [-0.3, -0.25) is 4.79 Å². The maximum atomic E-state index is 12.7. The second-order valence-electron chi connectivity index (χ2n) is 8.03. The highest BCUT2D eigenvalue weighted by Crippen LogP contribution is 2.49. The normalized spacial score (nSPS) is 28.2. The van der Waals surface area contributed by atoms with Gasteiger partial charge >= 0.3 is 5.97 Å². The predicted molar refractivity (Wildman–Crippen MR) is 86.8 cm³/mol. The van der Waals surface area contributed by atoms with Crippen molar-refractivity contribution in [2.75, 3.05) is 13.1 Å². The zero-order valence-corrected chi connectivity index (χ0v) is 15.1. The van der Waals surface area contributed by atoms with Crippen molar-refractivity contribution < 1.29 is 22.8 Å². The Morgan fingerprint density at radius 3 is 2.75 bits per heavy atom. The number of aromatic nitrogens is 1. The zero-order chi connectivity index (χ0) is 17.8. The largest absolute Gasteiger partial charge is 0.481 e. The first-order valence-electron chi connectivity index (χ1n) is 8.22. The fourth-order valence-corrected chi connectivity index (χ4v) is 5.34. The number of hydrogen-bond acceptors (Lipinski definition) is 5. The lowest BCUT2D eigenvalue weighted by Crippen LogP contribution is -2.37. The van der Waals surface area contributed by atoms with Crippen LogP contribution in [0.25, 0.3) is 0 Å². The SMILES string of the molecule is CC(C)(C)c1cc(CS(=O)(=O)N2C[C@@H]3CCC[C@@]3(C(=O)O)C2)no1. The molecule has 1 aromatic heterocycles. The number of carbonyl (C=O) groups is 1. The van der Waals surface area contributed by atoms with Gasteiger partial charge in [-0.1, -0.05) is 32.3 Å².